The summed E-state index contributed by atoms with van der Waals surface area (Å²) in [6.45, 7) is 6.50. The van der Waals surface area contributed by atoms with Crippen molar-refractivity contribution in [2.75, 3.05) is 0 Å². The molecule has 0 rings (SSSR count). The Morgan fingerprint density at radius 1 is 1.67 bits per heavy atom. The average Bonchev–Trinajstić information content (AvgIpc) is 1.46. The van der Waals surface area contributed by atoms with Crippen LogP contribution in [0.4, 0.5) is 0 Å². The molecule has 0 aliphatic heterocycles. The van der Waals surface area contributed by atoms with E-state index in [1.54, 1.807) is 0 Å². The number of allylic oxidation sites excluding steroid dienone is 1. The molecule has 0 radical (unpaired) electrons. The quantitative estimate of drug-likeness (QED) is 0.410. The summed E-state index contributed by atoms with van der Waals surface area (Å²) >= 11 is 6.25. The van der Waals surface area contributed by atoms with Gasteiger partial charge in [0.25, 0.3) is 0 Å². The van der Waals surface area contributed by atoms with Gasteiger partial charge in [-0.2, -0.15) is 0 Å². The Morgan fingerprint density at radius 3 is 1.67 bits per heavy atom. The molecular weight excluding hydrogens is 187 g/mol. The summed E-state index contributed by atoms with van der Waals surface area (Å²) < 4.78 is 0. The van der Waals surface area contributed by atoms with Crippen molar-refractivity contribution in [2.24, 2.45) is 0 Å². The van der Waals surface area contributed by atoms with Crippen LogP contribution in [0.1, 0.15) is 0 Å². The summed E-state index contributed by atoms with van der Waals surface area (Å²) in [5.74, 6) is 0. The number of rotatable bonds is 0. The molecule has 0 saturated carbocycles. The van der Waals surface area contributed by atoms with E-state index in [9.17, 15) is 0 Å². The van der Waals surface area contributed by atoms with Gasteiger partial charge >= 0.3 is 27.9 Å². The topological polar surface area (TPSA) is 0 Å². The third-order valence-corrected chi connectivity index (χ3v) is 0. The molecule has 0 heterocycles. The fourth-order valence-electron chi connectivity index (χ4n) is 0. The Hall–Kier alpha value is 0.584. The van der Waals surface area contributed by atoms with Crippen LogP contribution >= 0.6 is 14.2 Å². The fraction of sp³-hybridized carbons (Fsp3) is 0. The normalized spacial score (nSPS) is 3.17. The predicted molar refractivity (Wildman–Crippen MR) is 30.9 cm³/mol. The van der Waals surface area contributed by atoms with Gasteiger partial charge in [0, 0.05) is 0 Å². The van der Waals surface area contributed by atoms with E-state index in [-0.39, 0.29) is 7.43 Å². The van der Waals surface area contributed by atoms with E-state index >= 15 is 0 Å². The zero-order valence-corrected chi connectivity index (χ0v) is 6.26. The van der Waals surface area contributed by atoms with Crippen molar-refractivity contribution in [3.05, 3.63) is 27.0 Å². The van der Waals surface area contributed by atoms with E-state index in [4.69, 9.17) is 0 Å². The second-order valence-electron chi connectivity index (χ2n) is 0.289. The zero-order valence-electron chi connectivity index (χ0n) is 3.69. The molecule has 0 aromatic heterocycles. The zero-order chi connectivity index (χ0) is 4.71. The molecule has 0 aromatic carbocycles. The van der Waals surface area contributed by atoms with Gasteiger partial charge in [0.2, 0.25) is 0 Å². The van der Waals surface area contributed by atoms with Gasteiger partial charge in [0.1, 0.15) is 0 Å². The molecule has 2 heteroatoms. The Balaban J connectivity index is -0.0000000275. The Labute approximate surface area is 55.2 Å². The van der Waals surface area contributed by atoms with Crippen LogP contribution in [0.25, 0.3) is 0 Å². The van der Waals surface area contributed by atoms with Gasteiger partial charge in [-0.3, -0.25) is 0 Å². The van der Waals surface area contributed by atoms with Crippen molar-refractivity contribution in [2.45, 2.75) is 0 Å². The molecular formula is C4H8BrNi-2. The van der Waals surface area contributed by atoms with Crippen molar-refractivity contribution in [3.63, 3.8) is 0 Å². The van der Waals surface area contributed by atoms with Gasteiger partial charge in [-0.15, -0.1) is 0 Å². The van der Waals surface area contributed by atoms with E-state index in [2.05, 4.69) is 41.4 Å². The predicted octanol–water partition coefficient (Wildman–Crippen LogP) is 2.30. The van der Waals surface area contributed by atoms with Gasteiger partial charge in [0.15, 0.2) is 0 Å². The van der Waals surface area contributed by atoms with E-state index < -0.39 is 0 Å². The molecule has 0 saturated heterocycles. The van der Waals surface area contributed by atoms with Crippen molar-refractivity contribution in [1.29, 1.82) is 0 Å². The number of hydrogen-bond acceptors (Lipinski definition) is 0. The minimum atomic E-state index is 0. The maximum atomic E-state index is 3.69. The molecule has 0 fully saturated rings. The summed E-state index contributed by atoms with van der Waals surface area (Å²) in [6, 6.07) is 0. The van der Waals surface area contributed by atoms with Gasteiger partial charge < -0.3 is 7.43 Å². The first kappa shape index (κ1) is 16.0. The Kier molecular flexibility index (Phi) is 125. The van der Waals surface area contributed by atoms with E-state index in [0.717, 1.165) is 0 Å². The summed E-state index contributed by atoms with van der Waals surface area (Å²) in [4.78, 5) is 0. The third-order valence-electron chi connectivity index (χ3n) is 0. The summed E-state index contributed by atoms with van der Waals surface area (Å²) in [5, 5.41) is 0. The minimum absolute atomic E-state index is 0. The SMILES string of the molecule is C=C[CH2-].[CH3-].[Ni][Br]. The molecule has 0 spiro atoms. The molecule has 0 atom stereocenters. The van der Waals surface area contributed by atoms with Crippen LogP contribution in [0, 0.1) is 14.4 Å². The van der Waals surface area contributed by atoms with Gasteiger partial charge in [0.05, 0.1) is 0 Å². The monoisotopic (exact) mass is 193 g/mol. The van der Waals surface area contributed by atoms with Crippen molar-refractivity contribution in [3.8, 4) is 0 Å². The maximum absolute atomic E-state index is 3.69. The molecule has 0 nitrogen and oxygen atoms in total. The Bertz CT molecular complexity index is 15.0. The van der Waals surface area contributed by atoms with Crippen LogP contribution in [-0.2, 0) is 13.7 Å². The van der Waals surface area contributed by atoms with Crippen LogP contribution in [0.2, 0.25) is 0 Å². The molecule has 0 bridgehead atoms. The molecule has 43 valence electrons. The van der Waals surface area contributed by atoms with E-state index in [0.29, 0.717) is 0 Å². The molecule has 0 unspecified atom stereocenters. The third kappa shape index (κ3) is 173. The summed E-state index contributed by atoms with van der Waals surface area (Å²) in [5.41, 5.74) is 0. The number of hydrogen-bond donors (Lipinski definition) is 0. The number of halogens is 1. The molecule has 0 N–H and O–H groups in total. The Morgan fingerprint density at radius 2 is 1.67 bits per heavy atom. The van der Waals surface area contributed by atoms with Gasteiger partial charge in [-0.05, 0) is 0 Å². The van der Waals surface area contributed by atoms with Crippen molar-refractivity contribution < 1.29 is 13.7 Å². The summed E-state index contributed by atoms with van der Waals surface area (Å²) in [6.07, 6.45) is 1.50. The molecule has 0 amide bonds. The second kappa shape index (κ2) is 46.8. The molecule has 0 aliphatic carbocycles. The first-order chi connectivity index (χ1) is 2.41. The van der Waals surface area contributed by atoms with Crippen LogP contribution in [0.5, 0.6) is 0 Å². The van der Waals surface area contributed by atoms with Crippen LogP contribution < -0.4 is 0 Å². The molecule has 0 aromatic rings. The van der Waals surface area contributed by atoms with Gasteiger partial charge in [-0.25, -0.2) is 19.6 Å². The van der Waals surface area contributed by atoms with Crippen molar-refractivity contribution in [1.82, 2.24) is 0 Å². The average molecular weight is 195 g/mol. The molecule has 6 heavy (non-hydrogen) atoms. The van der Waals surface area contributed by atoms with Crippen LogP contribution in [0.3, 0.4) is 0 Å². The molecule has 0 aliphatic rings. The second-order valence-corrected chi connectivity index (χ2v) is 0.289. The van der Waals surface area contributed by atoms with Crippen molar-refractivity contribution >= 4 is 14.2 Å². The van der Waals surface area contributed by atoms with Crippen LogP contribution in [-0.4, -0.2) is 0 Å². The van der Waals surface area contributed by atoms with E-state index in [1.165, 1.54) is 6.08 Å². The first-order valence-corrected chi connectivity index (χ1v) is 3.38. The van der Waals surface area contributed by atoms with Gasteiger partial charge in [-0.1, -0.05) is 0 Å². The van der Waals surface area contributed by atoms with E-state index in [1.807, 2.05) is 0 Å². The first-order valence-electron chi connectivity index (χ1n) is 0.936. The summed E-state index contributed by atoms with van der Waals surface area (Å²) in [7, 11) is 0. The fourth-order valence-corrected chi connectivity index (χ4v) is 0. The van der Waals surface area contributed by atoms with Crippen LogP contribution in [0.15, 0.2) is 12.7 Å². The standard InChI is InChI=1S/C3H5.CH3.BrH.Ni/c1-3-2;;;/h3H,1-2H2;1H3;1H;/q2*-1;;+1/p-1.